The maximum absolute atomic E-state index is 11.5. The highest BCUT2D eigenvalue weighted by Crippen LogP contribution is 2.23. The molecule has 2 rings (SSSR count). The van der Waals surface area contributed by atoms with Gasteiger partial charge in [-0.05, 0) is 24.5 Å². The van der Waals surface area contributed by atoms with E-state index in [2.05, 4.69) is 19.1 Å². The van der Waals surface area contributed by atoms with E-state index in [0.29, 0.717) is 19.1 Å². The highest BCUT2D eigenvalue weighted by molar-refractivity contribution is 5.76. The molecule has 0 fully saturated rings. The Labute approximate surface area is 132 Å². The van der Waals surface area contributed by atoms with Gasteiger partial charge in [0.25, 0.3) is 0 Å². The highest BCUT2D eigenvalue weighted by Gasteiger charge is 2.28. The molecule has 0 N–H and O–H groups in total. The third-order valence-electron chi connectivity index (χ3n) is 3.82. The lowest BCUT2D eigenvalue weighted by molar-refractivity contribution is -0.156. The van der Waals surface area contributed by atoms with Crippen LogP contribution < -0.4 is 0 Å². The summed E-state index contributed by atoms with van der Waals surface area (Å²) in [6, 6.07) is 10.1. The zero-order valence-electron chi connectivity index (χ0n) is 13.2. The van der Waals surface area contributed by atoms with Gasteiger partial charge in [-0.1, -0.05) is 43.3 Å². The summed E-state index contributed by atoms with van der Waals surface area (Å²) in [4.78, 5) is 11.5. The van der Waals surface area contributed by atoms with Gasteiger partial charge in [-0.15, -0.1) is 0 Å². The van der Waals surface area contributed by atoms with Crippen molar-refractivity contribution in [2.45, 2.75) is 38.6 Å². The lowest BCUT2D eigenvalue weighted by Gasteiger charge is -2.29. The first kappa shape index (κ1) is 16.7. The number of carbonyl (C=O) groups excluding carboxylic acids is 1. The van der Waals surface area contributed by atoms with E-state index >= 15 is 0 Å². The predicted octanol–water partition coefficient (Wildman–Crippen LogP) is 3.12. The van der Waals surface area contributed by atoms with E-state index in [-0.39, 0.29) is 12.1 Å². The van der Waals surface area contributed by atoms with Crippen LogP contribution in [0.1, 0.15) is 25.3 Å². The minimum absolute atomic E-state index is 0.0365. The number of methoxy groups -OCH3 is 1. The molecular weight excluding hydrogens is 280 g/mol. The summed E-state index contributed by atoms with van der Waals surface area (Å²) < 4.78 is 16.2. The standard InChI is InChI=1S/C18H24O4/c1-14-10-11-17(18(19)20-2)22-16(14)9-6-12-21-13-15-7-4-3-5-8-15/h3-5,7-8,10-11,14,16-17H,6,9,12-13H2,1-2H3/t14-,16-,17-/m1/s1. The van der Waals surface area contributed by atoms with Crippen LogP contribution >= 0.6 is 0 Å². The van der Waals surface area contributed by atoms with Crippen molar-refractivity contribution in [3.8, 4) is 0 Å². The Bertz CT molecular complexity index is 483. The van der Waals surface area contributed by atoms with Crippen molar-refractivity contribution in [2.24, 2.45) is 5.92 Å². The fourth-order valence-electron chi connectivity index (χ4n) is 2.49. The van der Waals surface area contributed by atoms with Gasteiger partial charge in [0.05, 0.1) is 19.8 Å². The van der Waals surface area contributed by atoms with Gasteiger partial charge in [0.1, 0.15) is 0 Å². The molecule has 1 aromatic rings. The van der Waals surface area contributed by atoms with Crippen LogP contribution in [0.5, 0.6) is 0 Å². The number of hydrogen-bond donors (Lipinski definition) is 0. The van der Waals surface area contributed by atoms with E-state index in [1.807, 2.05) is 24.3 Å². The molecule has 0 spiro atoms. The molecule has 4 heteroatoms. The second kappa shape index (κ2) is 8.71. The molecule has 1 heterocycles. The number of carbonyl (C=O) groups is 1. The first-order valence-corrected chi connectivity index (χ1v) is 7.74. The zero-order valence-corrected chi connectivity index (χ0v) is 13.2. The van der Waals surface area contributed by atoms with Gasteiger partial charge in [-0.3, -0.25) is 0 Å². The Balaban J connectivity index is 1.68. The lowest BCUT2D eigenvalue weighted by Crippen LogP contribution is -2.35. The minimum atomic E-state index is -0.573. The molecule has 0 bridgehead atoms. The molecule has 1 aliphatic heterocycles. The van der Waals surface area contributed by atoms with Gasteiger partial charge in [0.15, 0.2) is 6.10 Å². The third kappa shape index (κ3) is 4.97. The van der Waals surface area contributed by atoms with Crippen LogP contribution in [-0.2, 0) is 25.6 Å². The molecule has 120 valence electrons. The Morgan fingerprint density at radius 1 is 1.23 bits per heavy atom. The highest BCUT2D eigenvalue weighted by atomic mass is 16.6. The van der Waals surface area contributed by atoms with Crippen LogP contribution in [0.2, 0.25) is 0 Å². The summed E-state index contributed by atoms with van der Waals surface area (Å²) in [7, 11) is 1.38. The fraction of sp³-hybridized carbons (Fsp3) is 0.500. The van der Waals surface area contributed by atoms with Crippen molar-refractivity contribution in [2.75, 3.05) is 13.7 Å². The smallest absolute Gasteiger partial charge is 0.339 e. The molecule has 22 heavy (non-hydrogen) atoms. The minimum Gasteiger partial charge on any atom is -0.467 e. The molecule has 0 aromatic heterocycles. The molecule has 0 aliphatic carbocycles. The summed E-state index contributed by atoms with van der Waals surface area (Å²) in [5, 5.41) is 0. The van der Waals surface area contributed by atoms with Crippen molar-refractivity contribution in [1.82, 2.24) is 0 Å². The van der Waals surface area contributed by atoms with Gasteiger partial charge >= 0.3 is 5.97 Å². The maximum atomic E-state index is 11.5. The monoisotopic (exact) mass is 304 g/mol. The van der Waals surface area contributed by atoms with Crippen molar-refractivity contribution in [3.63, 3.8) is 0 Å². The van der Waals surface area contributed by atoms with Crippen LogP contribution in [0.15, 0.2) is 42.5 Å². The van der Waals surface area contributed by atoms with Crippen LogP contribution in [-0.4, -0.2) is 31.9 Å². The van der Waals surface area contributed by atoms with Crippen LogP contribution in [0, 0.1) is 5.92 Å². The summed E-state index contributed by atoms with van der Waals surface area (Å²) in [6.45, 7) is 3.42. The first-order valence-electron chi connectivity index (χ1n) is 7.74. The number of esters is 1. The Kier molecular flexibility index (Phi) is 6.62. The Morgan fingerprint density at radius 3 is 2.73 bits per heavy atom. The number of benzene rings is 1. The van der Waals surface area contributed by atoms with E-state index in [1.54, 1.807) is 6.08 Å². The summed E-state index contributed by atoms with van der Waals surface area (Å²) in [5.41, 5.74) is 1.18. The van der Waals surface area contributed by atoms with Gasteiger partial charge in [0, 0.05) is 12.5 Å². The summed E-state index contributed by atoms with van der Waals surface area (Å²) in [5.74, 6) is -0.0384. The average Bonchev–Trinajstić information content (AvgIpc) is 2.56. The van der Waals surface area contributed by atoms with E-state index in [0.717, 1.165) is 12.8 Å². The van der Waals surface area contributed by atoms with Gasteiger partial charge in [-0.2, -0.15) is 0 Å². The first-order chi connectivity index (χ1) is 10.7. The van der Waals surface area contributed by atoms with Crippen LogP contribution in [0.4, 0.5) is 0 Å². The second-order valence-electron chi connectivity index (χ2n) is 5.54. The molecule has 1 aliphatic rings. The SMILES string of the molecule is COC(=O)[C@H]1C=C[C@@H](C)[C@@H](CCCOCc2ccccc2)O1. The number of rotatable bonds is 7. The molecule has 0 saturated carbocycles. The van der Waals surface area contributed by atoms with E-state index in [1.165, 1.54) is 12.7 Å². The number of ether oxygens (including phenoxy) is 3. The maximum Gasteiger partial charge on any atom is 0.339 e. The third-order valence-corrected chi connectivity index (χ3v) is 3.82. The quantitative estimate of drug-likeness (QED) is 0.441. The van der Waals surface area contributed by atoms with Gasteiger partial charge < -0.3 is 14.2 Å². The molecule has 0 amide bonds. The summed E-state index contributed by atoms with van der Waals surface area (Å²) in [6.07, 6.45) is 5.04. The van der Waals surface area contributed by atoms with Gasteiger partial charge in [-0.25, -0.2) is 4.79 Å². The Hall–Kier alpha value is -1.65. The number of hydrogen-bond acceptors (Lipinski definition) is 4. The van der Waals surface area contributed by atoms with Crippen molar-refractivity contribution in [1.29, 1.82) is 0 Å². The zero-order chi connectivity index (χ0) is 15.8. The molecule has 4 nitrogen and oxygen atoms in total. The van der Waals surface area contributed by atoms with Crippen LogP contribution in [0.3, 0.4) is 0 Å². The normalized spacial score (nSPS) is 24.2. The van der Waals surface area contributed by atoms with E-state index in [4.69, 9.17) is 14.2 Å². The molecule has 3 atom stereocenters. The molecule has 0 radical (unpaired) electrons. The Morgan fingerprint density at radius 2 is 2.00 bits per heavy atom. The predicted molar refractivity (Wildman–Crippen MR) is 84.3 cm³/mol. The lowest BCUT2D eigenvalue weighted by atomic mass is 9.96. The summed E-state index contributed by atoms with van der Waals surface area (Å²) >= 11 is 0. The van der Waals surface area contributed by atoms with Crippen molar-refractivity contribution >= 4 is 5.97 Å². The molecular formula is C18H24O4. The fourth-order valence-corrected chi connectivity index (χ4v) is 2.49. The van der Waals surface area contributed by atoms with E-state index in [9.17, 15) is 4.79 Å². The van der Waals surface area contributed by atoms with E-state index < -0.39 is 6.10 Å². The van der Waals surface area contributed by atoms with Gasteiger partial charge in [0.2, 0.25) is 0 Å². The average molecular weight is 304 g/mol. The topological polar surface area (TPSA) is 44.8 Å². The van der Waals surface area contributed by atoms with Crippen molar-refractivity contribution in [3.05, 3.63) is 48.0 Å². The molecule has 1 aromatic carbocycles. The van der Waals surface area contributed by atoms with Crippen molar-refractivity contribution < 1.29 is 19.0 Å². The molecule has 0 saturated heterocycles. The second-order valence-corrected chi connectivity index (χ2v) is 5.54. The van der Waals surface area contributed by atoms with Crippen LogP contribution in [0.25, 0.3) is 0 Å². The molecule has 0 unspecified atom stereocenters. The largest absolute Gasteiger partial charge is 0.467 e.